The molecule has 0 amide bonds. The maximum Gasteiger partial charge on any atom is 0.356 e. The average Bonchev–Trinajstić information content (AvgIpc) is 2.89. The fourth-order valence-electron chi connectivity index (χ4n) is 7.18. The van der Waals surface area contributed by atoms with Crippen molar-refractivity contribution in [2.75, 3.05) is 10.1 Å². The van der Waals surface area contributed by atoms with Crippen LogP contribution in [0.3, 0.4) is 0 Å². The SMILES string of the molecule is CC1(C)CC(N(OC(=O)/C=C/C(=O)ON(c2ccc(F)c(Cl)c2)C2CC(C)(C)NC(C)(C)C2)c2ccc(F)c(Cl)c2)CC(C)(C)N1. The van der Waals surface area contributed by atoms with Crippen LogP contribution in [-0.4, -0.2) is 46.2 Å². The van der Waals surface area contributed by atoms with Crippen molar-refractivity contribution in [2.45, 2.75) is 115 Å². The molecule has 2 saturated heterocycles. The summed E-state index contributed by atoms with van der Waals surface area (Å²) in [4.78, 5) is 38.0. The van der Waals surface area contributed by atoms with E-state index in [1.807, 2.05) is 0 Å². The van der Waals surface area contributed by atoms with Crippen molar-refractivity contribution in [1.82, 2.24) is 10.6 Å². The van der Waals surface area contributed by atoms with Crippen LogP contribution in [-0.2, 0) is 19.3 Å². The van der Waals surface area contributed by atoms with Crippen LogP contribution < -0.4 is 20.8 Å². The van der Waals surface area contributed by atoms with Crippen molar-refractivity contribution >= 4 is 46.5 Å². The van der Waals surface area contributed by atoms with Gasteiger partial charge < -0.3 is 20.3 Å². The van der Waals surface area contributed by atoms with Crippen molar-refractivity contribution in [3.8, 4) is 0 Å². The zero-order chi connectivity index (χ0) is 34.2. The first-order chi connectivity index (χ1) is 21.1. The lowest BCUT2D eigenvalue weighted by Crippen LogP contribution is -2.62. The Morgan fingerprint density at radius 2 is 0.978 bits per heavy atom. The Morgan fingerprint density at radius 3 is 1.26 bits per heavy atom. The minimum absolute atomic E-state index is 0.115. The summed E-state index contributed by atoms with van der Waals surface area (Å²) in [5, 5.41) is 9.81. The first-order valence-corrected chi connectivity index (χ1v) is 16.1. The van der Waals surface area contributed by atoms with Crippen LogP contribution in [0.25, 0.3) is 0 Å². The molecule has 46 heavy (non-hydrogen) atoms. The maximum atomic E-state index is 14.0. The lowest BCUT2D eigenvalue weighted by molar-refractivity contribution is -0.143. The number of rotatable bonds is 8. The molecule has 2 aliphatic heterocycles. The highest BCUT2D eigenvalue weighted by Crippen LogP contribution is 2.37. The van der Waals surface area contributed by atoms with Gasteiger partial charge >= 0.3 is 11.9 Å². The molecule has 12 heteroatoms. The third kappa shape index (κ3) is 9.33. The molecule has 2 N–H and O–H groups in total. The standard InChI is InChI=1S/C34H44Cl2F2N4O4/c1-31(2)17-23(18-32(3,4)39-31)41(21-9-11-27(37)25(35)15-21)45-29(43)13-14-30(44)46-42(22-10-12-28(38)26(36)16-22)24-19-33(5,6)40-34(7,8)20-24/h9-16,23-24,39-40H,17-20H2,1-8H3/b14-13+. The molecule has 0 radical (unpaired) electrons. The number of piperidine rings is 2. The van der Waals surface area contributed by atoms with Gasteiger partial charge in [0.05, 0.1) is 33.5 Å². The topological polar surface area (TPSA) is 83.1 Å². The first-order valence-electron chi connectivity index (χ1n) is 15.3. The predicted molar refractivity (Wildman–Crippen MR) is 178 cm³/mol. The van der Waals surface area contributed by atoms with Crippen molar-refractivity contribution in [3.63, 3.8) is 0 Å². The van der Waals surface area contributed by atoms with Crippen molar-refractivity contribution in [3.05, 3.63) is 70.2 Å². The van der Waals surface area contributed by atoms with Gasteiger partial charge in [0.1, 0.15) is 11.6 Å². The lowest BCUT2D eigenvalue weighted by atomic mass is 9.79. The minimum atomic E-state index is -0.841. The van der Waals surface area contributed by atoms with Crippen LogP contribution in [0.15, 0.2) is 48.6 Å². The molecule has 0 bridgehead atoms. The summed E-state index contributed by atoms with van der Waals surface area (Å²) < 4.78 is 28.1. The number of hydroxylamine groups is 2. The number of carbonyl (C=O) groups is 2. The van der Waals surface area contributed by atoms with Gasteiger partial charge in [-0.1, -0.05) is 23.2 Å². The van der Waals surface area contributed by atoms with Crippen molar-refractivity contribution in [2.24, 2.45) is 0 Å². The zero-order valence-corrected chi connectivity index (χ0v) is 29.2. The van der Waals surface area contributed by atoms with Crippen LogP contribution >= 0.6 is 23.2 Å². The van der Waals surface area contributed by atoms with Gasteiger partial charge in [-0.15, -0.1) is 0 Å². The lowest BCUT2D eigenvalue weighted by Gasteiger charge is -2.49. The first kappa shape index (κ1) is 35.9. The number of nitrogens with zero attached hydrogens (tertiary/aromatic N) is 2. The summed E-state index contributed by atoms with van der Waals surface area (Å²) in [6.45, 7) is 16.4. The summed E-state index contributed by atoms with van der Waals surface area (Å²) in [7, 11) is 0. The van der Waals surface area contributed by atoms with Crippen LogP contribution in [0.5, 0.6) is 0 Å². The van der Waals surface area contributed by atoms with E-state index >= 15 is 0 Å². The number of benzene rings is 2. The van der Waals surface area contributed by atoms with E-state index in [1.165, 1.54) is 46.5 Å². The minimum Gasteiger partial charge on any atom is -0.336 e. The molecule has 0 aliphatic carbocycles. The van der Waals surface area contributed by atoms with E-state index in [9.17, 15) is 18.4 Å². The quantitative estimate of drug-likeness (QED) is 0.217. The third-order valence-corrected chi connectivity index (χ3v) is 8.63. The molecule has 2 heterocycles. The van der Waals surface area contributed by atoms with Gasteiger partial charge in [-0.05, 0) is 117 Å². The number of nitrogens with one attached hydrogen (secondary N) is 2. The second-order valence-electron chi connectivity index (χ2n) is 14.9. The molecule has 2 aromatic carbocycles. The smallest absolute Gasteiger partial charge is 0.336 e. The predicted octanol–water partition coefficient (Wildman–Crippen LogP) is 7.68. The highest BCUT2D eigenvalue weighted by atomic mass is 35.5. The Morgan fingerprint density at radius 1 is 0.674 bits per heavy atom. The van der Waals surface area contributed by atoms with Gasteiger partial charge in [-0.25, -0.2) is 28.5 Å². The largest absolute Gasteiger partial charge is 0.356 e. The molecule has 252 valence electrons. The molecule has 2 aliphatic rings. The second-order valence-corrected chi connectivity index (χ2v) is 15.7. The second kappa shape index (κ2) is 13.3. The fourth-order valence-corrected chi connectivity index (χ4v) is 7.53. The van der Waals surface area contributed by atoms with Crippen molar-refractivity contribution < 1.29 is 28.0 Å². The Hall–Kier alpha value is -2.92. The number of anilines is 2. The maximum absolute atomic E-state index is 14.0. The van der Waals surface area contributed by atoms with E-state index in [2.05, 4.69) is 66.0 Å². The average molecular weight is 682 g/mol. The Labute approximate surface area is 280 Å². The van der Waals surface area contributed by atoms with E-state index < -0.39 is 23.6 Å². The molecule has 0 spiro atoms. The summed E-state index contributed by atoms with van der Waals surface area (Å²) in [5.41, 5.74) is -0.416. The van der Waals surface area contributed by atoms with Crippen LogP contribution in [0.2, 0.25) is 10.0 Å². The van der Waals surface area contributed by atoms with Gasteiger partial charge in [0.25, 0.3) is 0 Å². The molecule has 8 nitrogen and oxygen atoms in total. The fraction of sp³-hybridized carbons (Fsp3) is 0.529. The molecule has 2 aromatic rings. The van der Waals surface area contributed by atoms with E-state index in [-0.39, 0.29) is 44.3 Å². The van der Waals surface area contributed by atoms with E-state index in [1.54, 1.807) is 0 Å². The van der Waals surface area contributed by atoms with Gasteiger partial charge in [0, 0.05) is 34.3 Å². The summed E-state index contributed by atoms with van der Waals surface area (Å²) in [6.07, 6.45) is 4.35. The van der Waals surface area contributed by atoms with Gasteiger partial charge in [0.15, 0.2) is 0 Å². The third-order valence-electron chi connectivity index (χ3n) is 8.05. The van der Waals surface area contributed by atoms with Crippen molar-refractivity contribution in [1.29, 1.82) is 0 Å². The van der Waals surface area contributed by atoms with Crippen LogP contribution in [0.1, 0.15) is 81.1 Å². The molecular weight excluding hydrogens is 637 g/mol. The van der Waals surface area contributed by atoms with Gasteiger partial charge in [-0.2, -0.15) is 0 Å². The highest BCUT2D eigenvalue weighted by molar-refractivity contribution is 6.31. The summed E-state index contributed by atoms with van der Waals surface area (Å²) in [5.74, 6) is -2.88. The van der Waals surface area contributed by atoms with Crippen LogP contribution in [0.4, 0.5) is 20.2 Å². The van der Waals surface area contributed by atoms with E-state index in [4.69, 9.17) is 32.9 Å². The zero-order valence-electron chi connectivity index (χ0n) is 27.6. The molecule has 0 saturated carbocycles. The number of carbonyl (C=O) groups excluding carboxylic acids is 2. The van der Waals surface area contributed by atoms with Gasteiger partial charge in [-0.3, -0.25) is 0 Å². The van der Waals surface area contributed by atoms with Crippen LogP contribution in [0, 0.1) is 11.6 Å². The monoisotopic (exact) mass is 680 g/mol. The molecule has 2 fully saturated rings. The Kier molecular flexibility index (Phi) is 10.4. The van der Waals surface area contributed by atoms with E-state index in [0.717, 1.165) is 12.2 Å². The Bertz CT molecular complexity index is 1360. The number of halogens is 4. The normalized spacial score (nSPS) is 20.7. The Balaban J connectivity index is 1.57. The number of hydrogen-bond donors (Lipinski definition) is 2. The number of hydrogen-bond acceptors (Lipinski definition) is 8. The van der Waals surface area contributed by atoms with E-state index in [0.29, 0.717) is 37.1 Å². The molecule has 0 unspecified atom stereocenters. The molecule has 0 aromatic heterocycles. The summed E-state index contributed by atoms with van der Waals surface area (Å²) >= 11 is 12.2. The van der Waals surface area contributed by atoms with Gasteiger partial charge in [0.2, 0.25) is 0 Å². The molecule has 4 rings (SSSR count). The molecule has 0 atom stereocenters. The highest BCUT2D eigenvalue weighted by Gasteiger charge is 2.43. The summed E-state index contributed by atoms with van der Waals surface area (Å²) in [6, 6.07) is 7.62. The molecular formula is C34H44Cl2F2N4O4.